The number of terminal acetylenes is 1. The van der Waals surface area contributed by atoms with Crippen LogP contribution in [-0.2, 0) is 6.54 Å². The van der Waals surface area contributed by atoms with Gasteiger partial charge in [-0.1, -0.05) is 25.3 Å². The molecule has 0 radical (unpaired) electrons. The van der Waals surface area contributed by atoms with Crippen molar-refractivity contribution >= 4 is 31.9 Å². The van der Waals surface area contributed by atoms with Crippen molar-refractivity contribution in [2.75, 3.05) is 0 Å². The van der Waals surface area contributed by atoms with Crippen LogP contribution in [0.5, 0.6) is 0 Å². The summed E-state index contributed by atoms with van der Waals surface area (Å²) in [5.74, 6) is 2.77. The lowest BCUT2D eigenvalue weighted by molar-refractivity contribution is 0.563. The molecule has 1 N–H and O–H groups in total. The minimum Gasteiger partial charge on any atom is -0.300 e. The molecule has 0 bridgehead atoms. The first-order valence-corrected chi connectivity index (χ1v) is 6.89. The largest absolute Gasteiger partial charge is 0.300 e. The highest BCUT2D eigenvalue weighted by Crippen LogP contribution is 2.23. The standard InChI is InChI=1S/C13H15Br2N/c1-3-5-11(4-2)16-9-10-6-7-12(14)13(15)8-10/h2,6-8,11,16H,3,5,9H2,1H3. The lowest BCUT2D eigenvalue weighted by Crippen LogP contribution is -2.26. The van der Waals surface area contributed by atoms with E-state index in [0.29, 0.717) is 0 Å². The minimum atomic E-state index is 0.174. The maximum atomic E-state index is 5.45. The highest BCUT2D eigenvalue weighted by atomic mass is 79.9. The Bertz CT molecular complexity index is 382. The minimum absolute atomic E-state index is 0.174. The molecule has 1 aromatic rings. The second kappa shape index (κ2) is 7.11. The summed E-state index contributed by atoms with van der Waals surface area (Å²) >= 11 is 6.93. The Kier molecular flexibility index (Phi) is 6.12. The van der Waals surface area contributed by atoms with Crippen LogP contribution in [0.15, 0.2) is 27.1 Å². The summed E-state index contributed by atoms with van der Waals surface area (Å²) in [7, 11) is 0. The molecule has 1 atom stereocenters. The van der Waals surface area contributed by atoms with E-state index in [-0.39, 0.29) is 6.04 Å². The average Bonchev–Trinajstić information content (AvgIpc) is 2.28. The third-order valence-corrected chi connectivity index (χ3v) is 4.19. The van der Waals surface area contributed by atoms with Crippen molar-refractivity contribution in [1.82, 2.24) is 5.32 Å². The lowest BCUT2D eigenvalue weighted by Gasteiger charge is -2.12. The van der Waals surface area contributed by atoms with Crippen molar-refractivity contribution < 1.29 is 0 Å². The molecule has 1 nitrogen and oxygen atoms in total. The third kappa shape index (κ3) is 4.29. The fourth-order valence-electron chi connectivity index (χ4n) is 1.42. The van der Waals surface area contributed by atoms with Gasteiger partial charge in [-0.2, -0.15) is 0 Å². The molecule has 0 amide bonds. The van der Waals surface area contributed by atoms with E-state index in [1.165, 1.54) is 5.56 Å². The van der Waals surface area contributed by atoms with Crippen molar-refractivity contribution in [2.24, 2.45) is 0 Å². The summed E-state index contributed by atoms with van der Waals surface area (Å²) in [5.41, 5.74) is 1.23. The van der Waals surface area contributed by atoms with Crippen LogP contribution in [0.25, 0.3) is 0 Å². The van der Waals surface area contributed by atoms with Gasteiger partial charge in [-0.3, -0.25) is 5.32 Å². The zero-order valence-corrected chi connectivity index (χ0v) is 12.4. The van der Waals surface area contributed by atoms with Crippen molar-refractivity contribution in [3.8, 4) is 12.3 Å². The average molecular weight is 345 g/mol. The van der Waals surface area contributed by atoms with Gasteiger partial charge in [0.05, 0.1) is 6.04 Å². The van der Waals surface area contributed by atoms with E-state index in [1.54, 1.807) is 0 Å². The van der Waals surface area contributed by atoms with Crippen LogP contribution in [0.1, 0.15) is 25.3 Å². The molecule has 0 fully saturated rings. The molecule has 0 spiro atoms. The molecular weight excluding hydrogens is 330 g/mol. The Balaban J connectivity index is 2.54. The summed E-state index contributed by atoms with van der Waals surface area (Å²) in [6, 6.07) is 6.39. The van der Waals surface area contributed by atoms with Crippen molar-refractivity contribution in [3.63, 3.8) is 0 Å². The fraction of sp³-hybridized carbons (Fsp3) is 0.385. The normalized spacial score (nSPS) is 12.1. The smallest absolute Gasteiger partial charge is 0.0689 e. The van der Waals surface area contributed by atoms with Crippen LogP contribution < -0.4 is 5.32 Å². The first-order valence-electron chi connectivity index (χ1n) is 5.30. The molecule has 1 aromatic carbocycles. The zero-order chi connectivity index (χ0) is 12.0. The van der Waals surface area contributed by atoms with Crippen LogP contribution in [0.4, 0.5) is 0 Å². The number of hydrogen-bond donors (Lipinski definition) is 1. The van der Waals surface area contributed by atoms with Gasteiger partial charge in [0, 0.05) is 15.5 Å². The van der Waals surface area contributed by atoms with E-state index in [1.807, 2.05) is 6.07 Å². The lowest BCUT2D eigenvalue weighted by atomic mass is 10.1. The second-order valence-corrected chi connectivity index (χ2v) is 5.35. The van der Waals surface area contributed by atoms with Crippen LogP contribution in [0.2, 0.25) is 0 Å². The Hall–Kier alpha value is -0.300. The van der Waals surface area contributed by atoms with Gasteiger partial charge in [0.25, 0.3) is 0 Å². The molecule has 0 saturated heterocycles. The Morgan fingerprint density at radius 3 is 2.69 bits per heavy atom. The molecule has 0 aliphatic rings. The third-order valence-electron chi connectivity index (χ3n) is 2.32. The van der Waals surface area contributed by atoms with Gasteiger partial charge >= 0.3 is 0 Å². The summed E-state index contributed by atoms with van der Waals surface area (Å²) in [5, 5.41) is 3.36. The first kappa shape index (κ1) is 13.8. The molecule has 1 rings (SSSR count). The van der Waals surface area contributed by atoms with Crippen LogP contribution in [0.3, 0.4) is 0 Å². The van der Waals surface area contributed by atoms with E-state index >= 15 is 0 Å². The van der Waals surface area contributed by atoms with Gasteiger partial charge in [-0.25, -0.2) is 0 Å². The summed E-state index contributed by atoms with van der Waals surface area (Å²) < 4.78 is 2.14. The molecule has 86 valence electrons. The summed E-state index contributed by atoms with van der Waals surface area (Å²) in [4.78, 5) is 0. The molecule has 0 aliphatic carbocycles. The molecule has 3 heteroatoms. The van der Waals surface area contributed by atoms with Crippen LogP contribution in [0, 0.1) is 12.3 Å². The van der Waals surface area contributed by atoms with Crippen LogP contribution >= 0.6 is 31.9 Å². The molecule has 0 aromatic heterocycles. The quantitative estimate of drug-likeness (QED) is 0.793. The van der Waals surface area contributed by atoms with E-state index in [4.69, 9.17) is 6.42 Å². The van der Waals surface area contributed by atoms with Gasteiger partial charge in [0.15, 0.2) is 0 Å². The number of rotatable bonds is 5. The number of hydrogen-bond acceptors (Lipinski definition) is 1. The summed E-state index contributed by atoms with van der Waals surface area (Å²) in [6.07, 6.45) is 7.57. The second-order valence-electron chi connectivity index (χ2n) is 3.64. The van der Waals surface area contributed by atoms with Gasteiger partial charge < -0.3 is 0 Å². The molecule has 1 unspecified atom stereocenters. The Labute approximate surface area is 114 Å². The maximum Gasteiger partial charge on any atom is 0.0689 e. The van der Waals surface area contributed by atoms with Crippen molar-refractivity contribution in [2.45, 2.75) is 32.4 Å². The first-order chi connectivity index (χ1) is 7.67. The molecule has 0 heterocycles. The number of benzene rings is 1. The monoisotopic (exact) mass is 343 g/mol. The molecular formula is C13H15Br2N. The van der Waals surface area contributed by atoms with E-state index in [9.17, 15) is 0 Å². The molecule has 0 saturated carbocycles. The summed E-state index contributed by atoms with van der Waals surface area (Å²) in [6.45, 7) is 2.95. The van der Waals surface area contributed by atoms with Crippen LogP contribution in [-0.4, -0.2) is 6.04 Å². The highest BCUT2D eigenvalue weighted by Gasteiger charge is 2.03. The van der Waals surface area contributed by atoms with E-state index < -0.39 is 0 Å². The van der Waals surface area contributed by atoms with Gasteiger partial charge in [0.1, 0.15) is 0 Å². The Morgan fingerprint density at radius 2 is 2.12 bits per heavy atom. The van der Waals surface area contributed by atoms with Crippen molar-refractivity contribution in [3.05, 3.63) is 32.7 Å². The van der Waals surface area contributed by atoms with Gasteiger partial charge in [0.2, 0.25) is 0 Å². The van der Waals surface area contributed by atoms with E-state index in [0.717, 1.165) is 28.3 Å². The predicted molar refractivity (Wildman–Crippen MR) is 76.2 cm³/mol. The van der Waals surface area contributed by atoms with Gasteiger partial charge in [-0.05, 0) is 56.0 Å². The number of nitrogens with one attached hydrogen (secondary N) is 1. The van der Waals surface area contributed by atoms with Gasteiger partial charge in [-0.15, -0.1) is 6.42 Å². The topological polar surface area (TPSA) is 12.0 Å². The maximum absolute atomic E-state index is 5.45. The van der Waals surface area contributed by atoms with E-state index in [2.05, 4.69) is 62.2 Å². The SMILES string of the molecule is C#CC(CCC)NCc1ccc(Br)c(Br)c1. The number of halogens is 2. The fourth-order valence-corrected chi connectivity index (χ4v) is 2.10. The predicted octanol–water partition coefficient (Wildman–Crippen LogP) is 4.10. The molecule has 0 aliphatic heterocycles. The zero-order valence-electron chi connectivity index (χ0n) is 9.26. The van der Waals surface area contributed by atoms with Crippen molar-refractivity contribution in [1.29, 1.82) is 0 Å². The molecule has 16 heavy (non-hydrogen) atoms. The Morgan fingerprint density at radius 1 is 1.38 bits per heavy atom. The highest BCUT2D eigenvalue weighted by molar-refractivity contribution is 9.13.